The highest BCUT2D eigenvalue weighted by molar-refractivity contribution is 6.30. The zero-order valence-electron chi connectivity index (χ0n) is 12.8. The first kappa shape index (κ1) is 16.9. The molecular weight excluding hydrogens is 312 g/mol. The summed E-state index contributed by atoms with van der Waals surface area (Å²) < 4.78 is 5.03. The molecule has 2 aromatic rings. The number of carbonyl (C=O) groups excluding carboxylic acids is 1. The fourth-order valence-electron chi connectivity index (χ4n) is 2.31. The predicted octanol–water partition coefficient (Wildman–Crippen LogP) is 4.12. The molecule has 0 heterocycles. The lowest BCUT2D eigenvalue weighted by Gasteiger charge is -2.28. The van der Waals surface area contributed by atoms with Crippen molar-refractivity contribution in [3.05, 3.63) is 65.2 Å². The second kappa shape index (κ2) is 7.66. The average Bonchev–Trinajstić information content (AvgIpc) is 2.55. The Balaban J connectivity index is 2.41. The summed E-state index contributed by atoms with van der Waals surface area (Å²) >= 11 is 6.00. The standard InChI is InChI=1S/C18H17ClN2O2/c1-2-23-17(22)12-18(13-20,14-7-4-3-5-8-14)21-16-10-6-9-15(19)11-16/h3-11,21H,2,12H2,1H3. The number of anilines is 1. The molecule has 0 radical (unpaired) electrons. The molecule has 0 fully saturated rings. The summed E-state index contributed by atoms with van der Waals surface area (Å²) in [6, 6.07) is 18.4. The van der Waals surface area contributed by atoms with Crippen LogP contribution in [0.2, 0.25) is 5.02 Å². The van der Waals surface area contributed by atoms with Gasteiger partial charge in [0.15, 0.2) is 5.54 Å². The Morgan fingerprint density at radius 1 is 1.26 bits per heavy atom. The van der Waals surface area contributed by atoms with Gasteiger partial charge in [-0.05, 0) is 30.7 Å². The summed E-state index contributed by atoms with van der Waals surface area (Å²) in [4.78, 5) is 12.0. The normalized spacial score (nSPS) is 12.7. The van der Waals surface area contributed by atoms with E-state index in [0.717, 1.165) is 0 Å². The number of nitrogens with one attached hydrogen (secondary N) is 1. The van der Waals surface area contributed by atoms with Crippen LogP contribution < -0.4 is 5.32 Å². The van der Waals surface area contributed by atoms with E-state index in [4.69, 9.17) is 16.3 Å². The number of rotatable bonds is 6. The van der Waals surface area contributed by atoms with Crippen LogP contribution in [0.15, 0.2) is 54.6 Å². The minimum Gasteiger partial charge on any atom is -0.466 e. The summed E-state index contributed by atoms with van der Waals surface area (Å²) in [5, 5.41) is 13.5. The fourth-order valence-corrected chi connectivity index (χ4v) is 2.50. The van der Waals surface area contributed by atoms with Gasteiger partial charge in [-0.15, -0.1) is 0 Å². The van der Waals surface area contributed by atoms with Crippen molar-refractivity contribution in [3.8, 4) is 6.07 Å². The molecule has 0 saturated heterocycles. The number of hydrogen-bond donors (Lipinski definition) is 1. The molecule has 1 N–H and O–H groups in total. The summed E-state index contributed by atoms with van der Waals surface area (Å²) in [6.07, 6.45) is -0.103. The molecule has 23 heavy (non-hydrogen) atoms. The largest absolute Gasteiger partial charge is 0.466 e. The number of nitriles is 1. The van der Waals surface area contributed by atoms with E-state index in [2.05, 4.69) is 11.4 Å². The molecule has 2 aromatic carbocycles. The van der Waals surface area contributed by atoms with E-state index in [9.17, 15) is 10.1 Å². The van der Waals surface area contributed by atoms with Crippen molar-refractivity contribution in [3.63, 3.8) is 0 Å². The molecule has 0 aliphatic heterocycles. The smallest absolute Gasteiger partial charge is 0.309 e. The van der Waals surface area contributed by atoms with Crippen LogP contribution in [0.25, 0.3) is 0 Å². The third-order valence-electron chi connectivity index (χ3n) is 3.35. The lowest BCUT2D eigenvalue weighted by Crippen LogP contribution is -2.37. The van der Waals surface area contributed by atoms with E-state index in [0.29, 0.717) is 16.3 Å². The average molecular weight is 329 g/mol. The van der Waals surface area contributed by atoms with Gasteiger partial charge in [0.25, 0.3) is 0 Å². The molecule has 2 rings (SSSR count). The Labute approximate surface area is 140 Å². The Morgan fingerprint density at radius 2 is 2.00 bits per heavy atom. The van der Waals surface area contributed by atoms with E-state index in [-0.39, 0.29) is 13.0 Å². The monoisotopic (exact) mass is 328 g/mol. The van der Waals surface area contributed by atoms with Crippen LogP contribution in [-0.4, -0.2) is 12.6 Å². The van der Waals surface area contributed by atoms with Gasteiger partial charge in [-0.3, -0.25) is 4.79 Å². The number of carbonyl (C=O) groups is 1. The van der Waals surface area contributed by atoms with Crippen LogP contribution >= 0.6 is 11.6 Å². The first-order valence-electron chi connectivity index (χ1n) is 7.26. The van der Waals surface area contributed by atoms with Crippen molar-refractivity contribution < 1.29 is 9.53 Å². The summed E-state index contributed by atoms with van der Waals surface area (Å²) in [5.41, 5.74) is 0.126. The highest BCUT2D eigenvalue weighted by Crippen LogP contribution is 2.30. The van der Waals surface area contributed by atoms with E-state index in [1.54, 1.807) is 43.3 Å². The number of nitrogens with zero attached hydrogens (tertiary/aromatic N) is 1. The molecule has 118 valence electrons. The molecule has 0 aromatic heterocycles. The summed E-state index contributed by atoms with van der Waals surface area (Å²) in [6.45, 7) is 2.01. The van der Waals surface area contributed by atoms with Gasteiger partial charge in [0.05, 0.1) is 19.1 Å². The van der Waals surface area contributed by atoms with Gasteiger partial charge in [0.1, 0.15) is 0 Å². The number of esters is 1. The third-order valence-corrected chi connectivity index (χ3v) is 3.59. The molecule has 0 aliphatic rings. The minimum atomic E-state index is -1.22. The molecule has 0 aliphatic carbocycles. The molecular formula is C18H17ClN2O2. The van der Waals surface area contributed by atoms with Gasteiger partial charge >= 0.3 is 5.97 Å². The van der Waals surface area contributed by atoms with Crippen molar-refractivity contribution in [2.45, 2.75) is 18.9 Å². The van der Waals surface area contributed by atoms with Crippen molar-refractivity contribution >= 4 is 23.3 Å². The Bertz CT molecular complexity index is 712. The molecule has 0 spiro atoms. The molecule has 1 atom stereocenters. The predicted molar refractivity (Wildman–Crippen MR) is 90.1 cm³/mol. The van der Waals surface area contributed by atoms with E-state index >= 15 is 0 Å². The number of hydrogen-bond acceptors (Lipinski definition) is 4. The van der Waals surface area contributed by atoms with E-state index in [1.807, 2.05) is 18.2 Å². The van der Waals surface area contributed by atoms with Crippen LogP contribution in [0.1, 0.15) is 18.9 Å². The fraction of sp³-hybridized carbons (Fsp3) is 0.222. The van der Waals surface area contributed by atoms with Crippen LogP contribution in [0.5, 0.6) is 0 Å². The van der Waals surface area contributed by atoms with E-state index in [1.165, 1.54) is 0 Å². The van der Waals surface area contributed by atoms with Gasteiger partial charge in [-0.1, -0.05) is 48.0 Å². The van der Waals surface area contributed by atoms with Gasteiger partial charge in [-0.2, -0.15) is 5.26 Å². The van der Waals surface area contributed by atoms with E-state index < -0.39 is 11.5 Å². The highest BCUT2D eigenvalue weighted by Gasteiger charge is 2.35. The lowest BCUT2D eigenvalue weighted by atomic mass is 9.87. The van der Waals surface area contributed by atoms with Gasteiger partial charge in [0.2, 0.25) is 0 Å². The lowest BCUT2D eigenvalue weighted by molar-refractivity contribution is -0.143. The van der Waals surface area contributed by atoms with Crippen LogP contribution in [0.3, 0.4) is 0 Å². The first-order chi connectivity index (χ1) is 11.1. The number of benzene rings is 2. The minimum absolute atomic E-state index is 0.103. The Hall–Kier alpha value is -2.51. The van der Waals surface area contributed by atoms with Crippen molar-refractivity contribution in [2.75, 3.05) is 11.9 Å². The molecule has 0 saturated carbocycles. The van der Waals surface area contributed by atoms with Crippen LogP contribution in [-0.2, 0) is 15.1 Å². The van der Waals surface area contributed by atoms with Crippen LogP contribution in [0.4, 0.5) is 5.69 Å². The second-order valence-electron chi connectivity index (χ2n) is 5.00. The van der Waals surface area contributed by atoms with Gasteiger partial charge in [0, 0.05) is 10.7 Å². The molecule has 1 unspecified atom stereocenters. The second-order valence-corrected chi connectivity index (χ2v) is 5.44. The first-order valence-corrected chi connectivity index (χ1v) is 7.63. The zero-order valence-corrected chi connectivity index (χ0v) is 13.5. The Kier molecular flexibility index (Phi) is 5.61. The van der Waals surface area contributed by atoms with Crippen molar-refractivity contribution in [2.24, 2.45) is 0 Å². The van der Waals surface area contributed by atoms with Crippen molar-refractivity contribution in [1.29, 1.82) is 5.26 Å². The quantitative estimate of drug-likeness (QED) is 0.810. The highest BCUT2D eigenvalue weighted by atomic mass is 35.5. The topological polar surface area (TPSA) is 62.1 Å². The van der Waals surface area contributed by atoms with Gasteiger partial charge < -0.3 is 10.1 Å². The Morgan fingerprint density at radius 3 is 2.61 bits per heavy atom. The molecule has 5 heteroatoms. The van der Waals surface area contributed by atoms with Gasteiger partial charge in [-0.25, -0.2) is 0 Å². The molecule has 0 amide bonds. The SMILES string of the molecule is CCOC(=O)CC(C#N)(Nc1cccc(Cl)c1)c1ccccc1. The van der Waals surface area contributed by atoms with Crippen LogP contribution in [0, 0.1) is 11.3 Å². The van der Waals surface area contributed by atoms with Crippen molar-refractivity contribution in [1.82, 2.24) is 0 Å². The number of ether oxygens (including phenoxy) is 1. The maximum Gasteiger partial charge on any atom is 0.309 e. The maximum absolute atomic E-state index is 12.0. The maximum atomic E-state index is 12.0. The molecule has 4 nitrogen and oxygen atoms in total. The number of halogens is 1. The summed E-state index contributed by atoms with van der Waals surface area (Å²) in [5.74, 6) is -0.438. The summed E-state index contributed by atoms with van der Waals surface area (Å²) in [7, 11) is 0. The third kappa shape index (κ3) is 4.24. The molecule has 0 bridgehead atoms. The zero-order chi connectivity index (χ0) is 16.7.